The number of aryl methyl sites for hydroxylation is 2. The molecule has 1 N–H and O–H groups in total. The summed E-state index contributed by atoms with van der Waals surface area (Å²) in [5.41, 5.74) is 5.52. The Balaban J connectivity index is 1.82. The summed E-state index contributed by atoms with van der Waals surface area (Å²) < 4.78 is 4.79. The van der Waals surface area contributed by atoms with Crippen molar-refractivity contribution in [1.82, 2.24) is 0 Å². The van der Waals surface area contributed by atoms with Crippen molar-refractivity contribution in [3.05, 3.63) is 101 Å². The van der Waals surface area contributed by atoms with Crippen LogP contribution in [0.1, 0.15) is 69.6 Å². The van der Waals surface area contributed by atoms with Gasteiger partial charge in [0.1, 0.15) is 0 Å². The molecule has 4 nitrogen and oxygen atoms in total. The lowest BCUT2D eigenvalue weighted by Crippen LogP contribution is -2.16. The molecule has 0 saturated heterocycles. The van der Waals surface area contributed by atoms with Crippen LogP contribution in [0.3, 0.4) is 0 Å². The van der Waals surface area contributed by atoms with Crippen molar-refractivity contribution in [3.8, 4) is 0 Å². The molecule has 1 unspecified atom stereocenters. The van der Waals surface area contributed by atoms with Crippen molar-refractivity contribution in [2.75, 3.05) is 12.4 Å². The first-order chi connectivity index (χ1) is 15.5. The number of esters is 1. The first kappa shape index (κ1) is 23.3. The number of unbranched alkanes of at least 4 members (excludes halogenated alkanes) is 1. The zero-order valence-corrected chi connectivity index (χ0v) is 19.1. The third-order valence-corrected chi connectivity index (χ3v) is 5.61. The van der Waals surface area contributed by atoms with E-state index < -0.39 is 0 Å². The Bertz CT molecular complexity index is 1020. The Labute approximate surface area is 190 Å². The van der Waals surface area contributed by atoms with Gasteiger partial charge in [-0.3, -0.25) is 4.79 Å². The summed E-state index contributed by atoms with van der Waals surface area (Å²) in [6.45, 7) is 4.20. The second-order valence-electron chi connectivity index (χ2n) is 8.10. The molecule has 0 aliphatic rings. The third kappa shape index (κ3) is 6.30. The van der Waals surface area contributed by atoms with E-state index in [0.717, 1.165) is 23.2 Å². The molecule has 3 aromatic rings. The number of hydrogen-bond acceptors (Lipinski definition) is 4. The van der Waals surface area contributed by atoms with Crippen LogP contribution in [0.2, 0.25) is 0 Å². The van der Waals surface area contributed by atoms with Gasteiger partial charge in [0.15, 0.2) is 5.78 Å². The molecular weight excluding hydrogens is 398 g/mol. The molecule has 0 aromatic heterocycles. The highest BCUT2D eigenvalue weighted by molar-refractivity contribution is 5.96. The number of ketones is 1. The molecule has 0 fully saturated rings. The molecule has 0 aliphatic heterocycles. The lowest BCUT2D eigenvalue weighted by molar-refractivity contribution is 0.0600. The monoisotopic (exact) mass is 429 g/mol. The molecule has 0 bridgehead atoms. The highest BCUT2D eigenvalue weighted by atomic mass is 16.5. The predicted octanol–water partition coefficient (Wildman–Crippen LogP) is 6.55. The molecule has 0 saturated carbocycles. The molecule has 0 aliphatic carbocycles. The van der Waals surface area contributed by atoms with Gasteiger partial charge in [-0.2, -0.15) is 0 Å². The summed E-state index contributed by atoms with van der Waals surface area (Å²) in [6.07, 6.45) is 3.72. The molecular formula is C28H31NO3. The summed E-state index contributed by atoms with van der Waals surface area (Å²) >= 11 is 0. The average molecular weight is 430 g/mol. The van der Waals surface area contributed by atoms with Gasteiger partial charge >= 0.3 is 5.97 Å². The molecule has 166 valence electrons. The Kier molecular flexibility index (Phi) is 8.20. The van der Waals surface area contributed by atoms with E-state index in [4.69, 9.17) is 4.74 Å². The van der Waals surface area contributed by atoms with Crippen LogP contribution >= 0.6 is 0 Å². The van der Waals surface area contributed by atoms with Gasteiger partial charge in [0.2, 0.25) is 0 Å². The van der Waals surface area contributed by atoms with E-state index in [1.165, 1.54) is 25.5 Å². The normalized spacial score (nSPS) is 11.6. The average Bonchev–Trinajstić information content (AvgIpc) is 2.83. The number of benzene rings is 3. The number of hydrogen-bond donors (Lipinski definition) is 1. The quantitative estimate of drug-likeness (QED) is 0.293. The van der Waals surface area contributed by atoms with Gasteiger partial charge in [-0.05, 0) is 55.2 Å². The summed E-state index contributed by atoms with van der Waals surface area (Å²) in [5.74, 6) is -0.307. The van der Waals surface area contributed by atoms with Gasteiger partial charge in [-0.1, -0.05) is 67.4 Å². The summed E-state index contributed by atoms with van der Waals surface area (Å²) in [6, 6.07) is 23.1. The van der Waals surface area contributed by atoms with E-state index in [2.05, 4.69) is 36.5 Å². The molecule has 3 rings (SSSR count). The Morgan fingerprint density at radius 3 is 2.09 bits per heavy atom. The fourth-order valence-electron chi connectivity index (χ4n) is 3.61. The summed E-state index contributed by atoms with van der Waals surface area (Å²) in [7, 11) is 1.37. The number of nitrogens with one attached hydrogen (secondary N) is 1. The van der Waals surface area contributed by atoms with E-state index in [1.54, 1.807) is 12.1 Å². The summed E-state index contributed by atoms with van der Waals surface area (Å²) in [4.78, 5) is 24.8. The van der Waals surface area contributed by atoms with Crippen LogP contribution in [-0.4, -0.2) is 18.9 Å². The van der Waals surface area contributed by atoms with Crippen molar-refractivity contribution < 1.29 is 14.3 Å². The van der Waals surface area contributed by atoms with Crippen LogP contribution in [0.25, 0.3) is 0 Å². The zero-order valence-electron chi connectivity index (χ0n) is 19.1. The molecule has 4 heteroatoms. The van der Waals surface area contributed by atoms with Crippen LogP contribution in [0.15, 0.2) is 72.8 Å². The van der Waals surface area contributed by atoms with Crippen molar-refractivity contribution in [3.63, 3.8) is 0 Å². The lowest BCUT2D eigenvalue weighted by Gasteiger charge is -2.21. The van der Waals surface area contributed by atoms with Crippen molar-refractivity contribution in [1.29, 1.82) is 0 Å². The highest BCUT2D eigenvalue weighted by Gasteiger charge is 2.18. The minimum absolute atomic E-state index is 0.0686. The second kappa shape index (κ2) is 11.3. The Morgan fingerprint density at radius 1 is 0.875 bits per heavy atom. The second-order valence-corrected chi connectivity index (χ2v) is 8.10. The maximum Gasteiger partial charge on any atom is 0.337 e. The van der Waals surface area contributed by atoms with Gasteiger partial charge in [0, 0.05) is 17.7 Å². The molecule has 32 heavy (non-hydrogen) atoms. The molecule has 0 heterocycles. The van der Waals surface area contributed by atoms with Crippen molar-refractivity contribution >= 4 is 17.4 Å². The van der Waals surface area contributed by atoms with Crippen molar-refractivity contribution in [2.45, 2.75) is 45.6 Å². The summed E-state index contributed by atoms with van der Waals surface area (Å²) in [5, 5.41) is 3.52. The molecule has 0 amide bonds. The first-order valence-electron chi connectivity index (χ1n) is 11.1. The molecule has 3 aromatic carbocycles. The van der Waals surface area contributed by atoms with E-state index >= 15 is 0 Å². The van der Waals surface area contributed by atoms with E-state index in [1.807, 2.05) is 43.3 Å². The number of anilines is 1. The van der Waals surface area contributed by atoms with Gasteiger partial charge in [-0.15, -0.1) is 0 Å². The zero-order chi connectivity index (χ0) is 22.9. The lowest BCUT2D eigenvalue weighted by atomic mass is 9.96. The number of ether oxygens (including phenoxy) is 1. The molecule has 0 spiro atoms. The van der Waals surface area contributed by atoms with Crippen LogP contribution < -0.4 is 5.32 Å². The van der Waals surface area contributed by atoms with E-state index in [0.29, 0.717) is 17.5 Å². The molecule has 1 atom stereocenters. The van der Waals surface area contributed by atoms with Crippen LogP contribution in [-0.2, 0) is 11.2 Å². The number of carbonyl (C=O) groups is 2. The Hall–Kier alpha value is -3.40. The SMILES string of the molecule is CCCCc1ccc(NC(CC(=O)c2ccc(C)cc2)c2ccc(C(=O)OC)cc2)cc1. The van der Waals surface area contributed by atoms with Gasteiger partial charge < -0.3 is 10.1 Å². The van der Waals surface area contributed by atoms with Crippen LogP contribution in [0, 0.1) is 6.92 Å². The van der Waals surface area contributed by atoms with Gasteiger partial charge in [0.25, 0.3) is 0 Å². The maximum atomic E-state index is 13.0. The Morgan fingerprint density at radius 2 is 1.50 bits per heavy atom. The van der Waals surface area contributed by atoms with Crippen molar-refractivity contribution in [2.24, 2.45) is 0 Å². The smallest absolute Gasteiger partial charge is 0.337 e. The van der Waals surface area contributed by atoms with E-state index in [9.17, 15) is 9.59 Å². The predicted molar refractivity (Wildman–Crippen MR) is 129 cm³/mol. The highest BCUT2D eigenvalue weighted by Crippen LogP contribution is 2.26. The topological polar surface area (TPSA) is 55.4 Å². The number of methoxy groups -OCH3 is 1. The minimum Gasteiger partial charge on any atom is -0.465 e. The fourth-order valence-corrected chi connectivity index (χ4v) is 3.61. The first-order valence-corrected chi connectivity index (χ1v) is 11.1. The van der Waals surface area contributed by atoms with E-state index in [-0.39, 0.29) is 17.8 Å². The third-order valence-electron chi connectivity index (χ3n) is 5.61. The number of Topliss-reactive ketones (excluding diaryl/α,β-unsaturated/α-hetero) is 1. The van der Waals surface area contributed by atoms with Gasteiger partial charge in [-0.25, -0.2) is 4.79 Å². The maximum absolute atomic E-state index is 13.0. The van der Waals surface area contributed by atoms with Crippen LogP contribution in [0.4, 0.5) is 5.69 Å². The standard InChI is InChI=1S/C28H31NO3/c1-4-5-6-21-9-17-25(18-10-21)29-26(19-27(30)23-11-7-20(2)8-12-23)22-13-15-24(16-14-22)28(31)32-3/h7-18,26,29H,4-6,19H2,1-3H3. The van der Waals surface area contributed by atoms with Gasteiger partial charge in [0.05, 0.1) is 18.7 Å². The largest absolute Gasteiger partial charge is 0.465 e. The minimum atomic E-state index is -0.376. The van der Waals surface area contributed by atoms with Crippen LogP contribution in [0.5, 0.6) is 0 Å². The fraction of sp³-hybridized carbons (Fsp3) is 0.286. The molecule has 0 radical (unpaired) electrons. The number of rotatable bonds is 10. The number of carbonyl (C=O) groups excluding carboxylic acids is 2.